The Balaban J connectivity index is 1.62. The highest BCUT2D eigenvalue weighted by atomic mass is 35.5. The summed E-state index contributed by atoms with van der Waals surface area (Å²) < 4.78 is 16.7. The van der Waals surface area contributed by atoms with Crippen molar-refractivity contribution in [2.75, 3.05) is 26.6 Å². The van der Waals surface area contributed by atoms with Crippen LogP contribution in [-0.2, 0) is 11.2 Å². The number of aryl methyl sites for hydroxylation is 1. The number of benzene rings is 1. The van der Waals surface area contributed by atoms with Crippen molar-refractivity contribution in [1.29, 1.82) is 0 Å². The van der Waals surface area contributed by atoms with Crippen LogP contribution in [0.1, 0.15) is 12.0 Å². The molecule has 9 heteroatoms. The van der Waals surface area contributed by atoms with E-state index < -0.39 is 0 Å². The number of nitrogens with zero attached hydrogens (tertiary/aromatic N) is 1. The Labute approximate surface area is 176 Å². The molecule has 0 saturated heterocycles. The zero-order chi connectivity index (χ0) is 20.1. The molecule has 6 nitrogen and oxygen atoms in total. The molecule has 0 atom stereocenters. The van der Waals surface area contributed by atoms with Crippen LogP contribution in [0.15, 0.2) is 29.6 Å². The van der Waals surface area contributed by atoms with Gasteiger partial charge in [-0.25, -0.2) is 4.98 Å². The first-order chi connectivity index (χ1) is 13.5. The van der Waals surface area contributed by atoms with Gasteiger partial charge in [0.15, 0.2) is 16.6 Å². The highest BCUT2D eigenvalue weighted by molar-refractivity contribution is 7.20. The van der Waals surface area contributed by atoms with Gasteiger partial charge >= 0.3 is 0 Å². The summed E-state index contributed by atoms with van der Waals surface area (Å²) in [6, 6.07) is 7.43. The van der Waals surface area contributed by atoms with Crippen molar-refractivity contribution >= 4 is 45.3 Å². The molecule has 1 amide bonds. The maximum absolute atomic E-state index is 12.3. The molecule has 2 heterocycles. The summed E-state index contributed by atoms with van der Waals surface area (Å²) in [5.74, 6) is 1.55. The molecule has 1 N–H and O–H groups in total. The van der Waals surface area contributed by atoms with E-state index in [1.54, 1.807) is 21.3 Å². The monoisotopic (exact) mass is 438 g/mol. The Morgan fingerprint density at radius 2 is 1.86 bits per heavy atom. The number of ether oxygens (including phenoxy) is 3. The second kappa shape index (κ2) is 9.27. The first-order valence-corrected chi connectivity index (χ1v) is 10.4. The lowest BCUT2D eigenvalue weighted by Gasteiger charge is -2.14. The van der Waals surface area contributed by atoms with E-state index in [1.807, 2.05) is 29.6 Å². The van der Waals surface area contributed by atoms with Crippen LogP contribution in [0.3, 0.4) is 0 Å². The van der Waals surface area contributed by atoms with Gasteiger partial charge in [-0.15, -0.1) is 22.7 Å². The zero-order valence-electron chi connectivity index (χ0n) is 15.6. The Morgan fingerprint density at radius 3 is 2.43 bits per heavy atom. The average molecular weight is 439 g/mol. The summed E-state index contributed by atoms with van der Waals surface area (Å²) in [6.07, 6.45) is 0.833. The summed E-state index contributed by atoms with van der Waals surface area (Å²) >= 11 is 8.80. The van der Waals surface area contributed by atoms with Crippen LogP contribution in [0.5, 0.6) is 17.2 Å². The van der Waals surface area contributed by atoms with Crippen LogP contribution in [0.25, 0.3) is 10.6 Å². The number of hydrogen-bond donors (Lipinski definition) is 1. The number of thiazole rings is 1. The molecular formula is C19H19ClN2O4S2. The summed E-state index contributed by atoms with van der Waals surface area (Å²) in [4.78, 5) is 17.7. The number of thiophene rings is 1. The van der Waals surface area contributed by atoms with Crippen molar-refractivity contribution in [2.24, 2.45) is 0 Å². The molecule has 28 heavy (non-hydrogen) atoms. The predicted molar refractivity (Wildman–Crippen MR) is 113 cm³/mol. The first kappa shape index (κ1) is 20.4. The minimum absolute atomic E-state index is 0.112. The highest BCUT2D eigenvalue weighted by Crippen LogP contribution is 2.38. The standard InChI is InChI=1S/C19H19ClN2O4S2/c1-24-13-8-11(9-14(25-2)18(13)26-3)4-7-17(23)22-19-21-12(10-27-19)15-5-6-16(20)28-15/h5-6,8-10H,4,7H2,1-3H3,(H,21,22,23). The number of anilines is 1. The number of carbonyl (C=O) groups is 1. The van der Waals surface area contributed by atoms with Crippen LogP contribution in [0, 0.1) is 0 Å². The van der Waals surface area contributed by atoms with E-state index in [0.717, 1.165) is 16.1 Å². The van der Waals surface area contributed by atoms with Crippen LogP contribution in [0.4, 0.5) is 5.13 Å². The molecule has 0 saturated carbocycles. The minimum Gasteiger partial charge on any atom is -0.493 e. The zero-order valence-corrected chi connectivity index (χ0v) is 18.0. The number of aromatic nitrogens is 1. The summed E-state index contributed by atoms with van der Waals surface area (Å²) in [6.45, 7) is 0. The van der Waals surface area contributed by atoms with Crippen molar-refractivity contribution in [2.45, 2.75) is 12.8 Å². The van der Waals surface area contributed by atoms with Crippen molar-refractivity contribution < 1.29 is 19.0 Å². The van der Waals surface area contributed by atoms with E-state index in [1.165, 1.54) is 22.7 Å². The molecule has 3 rings (SSSR count). The number of amides is 1. The quantitative estimate of drug-likeness (QED) is 0.528. The van der Waals surface area contributed by atoms with Gasteiger partial charge in [0, 0.05) is 11.8 Å². The van der Waals surface area contributed by atoms with Crippen molar-refractivity contribution in [3.8, 4) is 27.8 Å². The van der Waals surface area contributed by atoms with E-state index in [9.17, 15) is 4.79 Å². The SMILES string of the molecule is COc1cc(CCC(=O)Nc2nc(-c3ccc(Cl)s3)cs2)cc(OC)c1OC. The Kier molecular flexibility index (Phi) is 6.77. The average Bonchev–Trinajstić information content (AvgIpc) is 3.34. The molecule has 0 aliphatic carbocycles. The Hall–Kier alpha value is -2.29. The lowest BCUT2D eigenvalue weighted by molar-refractivity contribution is -0.116. The molecule has 0 unspecified atom stereocenters. The molecule has 0 aliphatic heterocycles. The molecular weight excluding hydrogens is 420 g/mol. The van der Waals surface area contributed by atoms with Gasteiger partial charge in [0.2, 0.25) is 11.7 Å². The van der Waals surface area contributed by atoms with Gasteiger partial charge in [-0.1, -0.05) is 11.6 Å². The molecule has 0 radical (unpaired) electrons. The highest BCUT2D eigenvalue weighted by Gasteiger charge is 2.14. The van der Waals surface area contributed by atoms with Gasteiger partial charge in [0.05, 0.1) is 36.2 Å². The van der Waals surface area contributed by atoms with E-state index >= 15 is 0 Å². The van der Waals surface area contributed by atoms with Gasteiger partial charge < -0.3 is 19.5 Å². The first-order valence-electron chi connectivity index (χ1n) is 8.34. The summed E-state index contributed by atoms with van der Waals surface area (Å²) in [5.41, 5.74) is 1.72. The fraction of sp³-hybridized carbons (Fsp3) is 0.263. The number of halogens is 1. The van der Waals surface area contributed by atoms with Gasteiger partial charge in [-0.3, -0.25) is 4.79 Å². The Morgan fingerprint density at radius 1 is 1.14 bits per heavy atom. The number of rotatable bonds is 8. The lowest BCUT2D eigenvalue weighted by Crippen LogP contribution is -2.12. The third-order valence-corrected chi connectivity index (χ3v) is 5.95. The Bertz CT molecular complexity index is 946. The minimum atomic E-state index is -0.112. The van der Waals surface area contributed by atoms with Crippen molar-refractivity contribution in [3.05, 3.63) is 39.5 Å². The van der Waals surface area contributed by atoms with Crippen LogP contribution >= 0.6 is 34.3 Å². The van der Waals surface area contributed by atoms with Gasteiger partial charge in [-0.05, 0) is 36.2 Å². The molecule has 3 aromatic rings. The predicted octanol–water partition coefficient (Wildman–Crippen LogP) is 5.12. The van der Waals surface area contributed by atoms with Gasteiger partial charge in [-0.2, -0.15) is 0 Å². The maximum Gasteiger partial charge on any atom is 0.226 e. The third-order valence-electron chi connectivity index (χ3n) is 3.94. The topological polar surface area (TPSA) is 69.7 Å². The van der Waals surface area contributed by atoms with Crippen molar-refractivity contribution in [1.82, 2.24) is 4.98 Å². The molecule has 0 fully saturated rings. The summed E-state index contributed by atoms with van der Waals surface area (Å²) in [5, 5.41) is 5.31. The number of methoxy groups -OCH3 is 3. The van der Waals surface area contributed by atoms with Gasteiger partial charge in [0.1, 0.15) is 0 Å². The molecule has 0 bridgehead atoms. The van der Waals surface area contributed by atoms with E-state index in [4.69, 9.17) is 25.8 Å². The van der Waals surface area contributed by atoms with E-state index in [2.05, 4.69) is 10.3 Å². The fourth-order valence-electron chi connectivity index (χ4n) is 2.62. The molecule has 2 aromatic heterocycles. The van der Waals surface area contributed by atoms with E-state index in [0.29, 0.717) is 39.6 Å². The molecule has 1 aromatic carbocycles. The molecule has 0 spiro atoms. The van der Waals surface area contributed by atoms with E-state index in [-0.39, 0.29) is 5.91 Å². The van der Waals surface area contributed by atoms with Crippen LogP contribution < -0.4 is 19.5 Å². The number of carbonyl (C=O) groups excluding carboxylic acids is 1. The normalized spacial score (nSPS) is 10.6. The number of hydrogen-bond acceptors (Lipinski definition) is 7. The summed E-state index contributed by atoms with van der Waals surface area (Å²) in [7, 11) is 4.68. The molecule has 148 valence electrons. The fourth-order valence-corrected chi connectivity index (χ4v) is 4.42. The van der Waals surface area contributed by atoms with Crippen LogP contribution in [0.2, 0.25) is 4.34 Å². The number of nitrogens with one attached hydrogen (secondary N) is 1. The second-order valence-electron chi connectivity index (χ2n) is 5.72. The second-order valence-corrected chi connectivity index (χ2v) is 8.30. The van der Waals surface area contributed by atoms with Crippen LogP contribution in [-0.4, -0.2) is 32.2 Å². The lowest BCUT2D eigenvalue weighted by atomic mass is 10.1. The van der Waals surface area contributed by atoms with Crippen molar-refractivity contribution in [3.63, 3.8) is 0 Å². The molecule has 0 aliphatic rings. The van der Waals surface area contributed by atoms with Gasteiger partial charge in [0.25, 0.3) is 0 Å². The maximum atomic E-state index is 12.3. The third kappa shape index (κ3) is 4.76. The smallest absolute Gasteiger partial charge is 0.226 e. The largest absolute Gasteiger partial charge is 0.493 e.